The highest BCUT2D eigenvalue weighted by Crippen LogP contribution is 1.97. The van der Waals surface area contributed by atoms with Crippen LogP contribution in [0.2, 0.25) is 0 Å². The summed E-state index contributed by atoms with van der Waals surface area (Å²) >= 11 is 10.3. The first kappa shape index (κ1) is 23.2. The first-order valence-corrected chi connectivity index (χ1v) is 8.09. The summed E-state index contributed by atoms with van der Waals surface area (Å²) in [4.78, 5) is 43.7. The molecule has 0 aromatic rings. The second-order valence-corrected chi connectivity index (χ2v) is 4.26. The molecule has 0 unspecified atom stereocenters. The van der Waals surface area contributed by atoms with E-state index in [-0.39, 0.29) is 18.6 Å². The lowest BCUT2D eigenvalue weighted by Gasteiger charge is -2.16. The number of nitrogens with two attached hydrogens (primary N) is 1. The van der Waals surface area contributed by atoms with Gasteiger partial charge < -0.3 is 26.6 Å². The van der Waals surface area contributed by atoms with Crippen LogP contribution >= 0.6 is 36.0 Å². The lowest BCUT2D eigenvalue weighted by atomic mass is 10.1. The van der Waals surface area contributed by atoms with Crippen molar-refractivity contribution in [1.82, 2.24) is 10.6 Å². The van der Waals surface area contributed by atoms with Crippen molar-refractivity contribution < 1.29 is 29.4 Å². The van der Waals surface area contributed by atoms with Crippen molar-refractivity contribution >= 4 is 59.7 Å². The van der Waals surface area contributed by atoms with Crippen LogP contribution in [0.25, 0.3) is 0 Å². The van der Waals surface area contributed by atoms with Gasteiger partial charge in [0.15, 0.2) is 0 Å². The number of rotatable bonds is 9. The maximum atomic E-state index is 11.5. The number of hydrogen-bond donors (Lipinski definition) is 8. The number of carbonyl (C=O) groups is 4. The van der Waals surface area contributed by atoms with Crippen LogP contribution < -0.4 is 16.4 Å². The van der Waals surface area contributed by atoms with Crippen LogP contribution in [0, 0.1) is 0 Å². The van der Waals surface area contributed by atoms with E-state index in [0.29, 0.717) is 0 Å². The van der Waals surface area contributed by atoms with Crippen molar-refractivity contribution in [3.05, 3.63) is 0 Å². The predicted octanol–water partition coefficient (Wildman–Crippen LogP) is -1.45. The van der Waals surface area contributed by atoms with Gasteiger partial charge in [0.1, 0.15) is 18.6 Å². The fourth-order valence-electron chi connectivity index (χ4n) is 1.16. The quantitative estimate of drug-likeness (QED) is 0.181. The zero-order chi connectivity index (χ0) is 17.7. The Hall–Kier alpha value is -1.11. The number of amides is 2. The molecule has 0 bridgehead atoms. The van der Waals surface area contributed by atoms with Crippen molar-refractivity contribution in [2.75, 3.05) is 12.3 Å². The molecule has 12 heteroatoms. The molecule has 0 spiro atoms. The van der Waals surface area contributed by atoms with Crippen LogP contribution in [0.15, 0.2) is 0 Å². The number of thiol groups is 3. The van der Waals surface area contributed by atoms with Gasteiger partial charge in [0, 0.05) is 12.2 Å². The van der Waals surface area contributed by atoms with E-state index in [9.17, 15) is 19.2 Å². The smallest absolute Gasteiger partial charge is 0.322 e. The molecule has 0 saturated carbocycles. The summed E-state index contributed by atoms with van der Waals surface area (Å²) in [6.07, 6.45) is -0.235. The standard InChI is InChI=1S/C10H17N3O6S.H2S2/c11-5(10(18)19)1-2-7(14)13-6(4-20)9(17)12-3-8(15)16;1-2/h5-6,20H,1-4,11H2,(H,12,17)(H,13,14)(H,15,16)(H,18,19);1-2H/t5-,6-;/m0./s1. The SMILES string of the molecule is N[C@@H](CCC(=O)N[C@@H](CS)C(=O)NCC(=O)O)C(=O)O.SS. The fourth-order valence-corrected chi connectivity index (χ4v) is 1.41. The molecule has 0 aliphatic heterocycles. The summed E-state index contributed by atoms with van der Waals surface area (Å²) in [5.41, 5.74) is 5.23. The van der Waals surface area contributed by atoms with E-state index < -0.39 is 42.4 Å². The van der Waals surface area contributed by atoms with Gasteiger partial charge in [-0.15, -0.1) is 23.3 Å². The Bertz CT molecular complexity index is 396. The molecule has 0 aromatic heterocycles. The first-order valence-electron chi connectivity index (χ1n) is 5.86. The molecule has 0 fully saturated rings. The van der Waals surface area contributed by atoms with Crippen LogP contribution in [-0.2, 0) is 19.2 Å². The van der Waals surface area contributed by atoms with Crippen LogP contribution in [0.1, 0.15) is 12.8 Å². The predicted molar refractivity (Wildman–Crippen MR) is 89.2 cm³/mol. The van der Waals surface area contributed by atoms with E-state index >= 15 is 0 Å². The van der Waals surface area contributed by atoms with Gasteiger partial charge in [0.2, 0.25) is 11.8 Å². The normalized spacial score (nSPS) is 12.2. The Labute approximate surface area is 143 Å². The Morgan fingerprint density at radius 1 is 1.14 bits per heavy atom. The minimum atomic E-state index is -1.22. The van der Waals surface area contributed by atoms with Gasteiger partial charge in [0.05, 0.1) is 0 Å². The maximum absolute atomic E-state index is 11.5. The van der Waals surface area contributed by atoms with Gasteiger partial charge >= 0.3 is 11.9 Å². The molecule has 0 saturated heterocycles. The molecule has 0 aromatic carbocycles. The molecule has 2 atom stereocenters. The maximum Gasteiger partial charge on any atom is 0.322 e. The second-order valence-electron chi connectivity index (χ2n) is 3.90. The summed E-state index contributed by atoms with van der Waals surface area (Å²) < 4.78 is 0. The fraction of sp³-hybridized carbons (Fsp3) is 0.600. The summed E-state index contributed by atoms with van der Waals surface area (Å²) in [7, 11) is 0. The molecule has 128 valence electrons. The monoisotopic (exact) mass is 373 g/mol. The number of hydrogen-bond acceptors (Lipinski definition) is 8. The Kier molecular flexibility index (Phi) is 14.3. The highest BCUT2D eigenvalue weighted by Gasteiger charge is 2.20. The van der Waals surface area contributed by atoms with Crippen molar-refractivity contribution in [2.45, 2.75) is 24.9 Å². The van der Waals surface area contributed by atoms with Gasteiger partial charge in [-0.3, -0.25) is 19.2 Å². The highest BCUT2D eigenvalue weighted by atomic mass is 33.1. The molecule has 0 aliphatic carbocycles. The van der Waals surface area contributed by atoms with Crippen LogP contribution in [0.4, 0.5) is 0 Å². The zero-order valence-electron chi connectivity index (χ0n) is 11.4. The molecule has 22 heavy (non-hydrogen) atoms. The lowest BCUT2D eigenvalue weighted by Crippen LogP contribution is -2.49. The highest BCUT2D eigenvalue weighted by molar-refractivity contribution is 8.59. The Morgan fingerprint density at radius 3 is 2.09 bits per heavy atom. The van der Waals surface area contributed by atoms with Crippen LogP contribution in [-0.4, -0.2) is 58.3 Å². The molecule has 9 nitrogen and oxygen atoms in total. The third-order valence-corrected chi connectivity index (χ3v) is 2.61. The number of nitrogens with one attached hydrogen (secondary N) is 2. The molecule has 0 heterocycles. The number of carboxylic acids is 2. The Morgan fingerprint density at radius 2 is 1.68 bits per heavy atom. The van der Waals surface area contributed by atoms with Crippen molar-refractivity contribution in [1.29, 1.82) is 0 Å². The number of carboxylic acid groups (broad SMARTS) is 2. The third kappa shape index (κ3) is 11.5. The van der Waals surface area contributed by atoms with Crippen molar-refractivity contribution in [2.24, 2.45) is 5.73 Å². The third-order valence-electron chi connectivity index (χ3n) is 2.25. The molecular weight excluding hydrogens is 354 g/mol. The van der Waals surface area contributed by atoms with E-state index in [1.165, 1.54) is 0 Å². The number of aliphatic carboxylic acids is 2. The molecule has 6 N–H and O–H groups in total. The largest absolute Gasteiger partial charge is 0.480 e. The summed E-state index contributed by atoms with van der Waals surface area (Å²) in [6, 6.07) is -2.15. The molecular formula is C10H19N3O6S3. The zero-order valence-corrected chi connectivity index (χ0v) is 14.1. The van der Waals surface area contributed by atoms with E-state index in [1.807, 2.05) is 0 Å². The summed E-state index contributed by atoms with van der Waals surface area (Å²) in [5, 5.41) is 21.4. The van der Waals surface area contributed by atoms with Gasteiger partial charge in [-0.25, -0.2) is 0 Å². The van der Waals surface area contributed by atoms with Crippen molar-refractivity contribution in [3.8, 4) is 0 Å². The minimum absolute atomic E-state index is 0.0256. The molecule has 0 aliphatic rings. The van der Waals surface area contributed by atoms with Gasteiger partial charge in [-0.05, 0) is 6.42 Å². The average molecular weight is 373 g/mol. The van der Waals surface area contributed by atoms with E-state index in [1.54, 1.807) is 0 Å². The Balaban J connectivity index is 0. The average Bonchev–Trinajstić information content (AvgIpc) is 2.49. The number of carbonyl (C=O) groups excluding carboxylic acids is 2. The van der Waals surface area contributed by atoms with Crippen molar-refractivity contribution in [3.63, 3.8) is 0 Å². The summed E-state index contributed by atoms with van der Waals surface area (Å²) in [6.45, 7) is -0.567. The minimum Gasteiger partial charge on any atom is -0.480 e. The first-order chi connectivity index (χ1) is 10.3. The topological polar surface area (TPSA) is 159 Å². The molecule has 0 rings (SSSR count). The van der Waals surface area contributed by atoms with Crippen LogP contribution in [0.3, 0.4) is 0 Å². The van der Waals surface area contributed by atoms with Crippen LogP contribution in [0.5, 0.6) is 0 Å². The van der Waals surface area contributed by atoms with Gasteiger partial charge in [-0.1, -0.05) is 0 Å². The lowest BCUT2D eigenvalue weighted by molar-refractivity contribution is -0.139. The molecule has 0 radical (unpaired) electrons. The van der Waals surface area contributed by atoms with E-state index in [0.717, 1.165) is 0 Å². The molecule has 2 amide bonds. The van der Waals surface area contributed by atoms with Gasteiger partial charge in [0.25, 0.3) is 0 Å². The van der Waals surface area contributed by atoms with E-state index in [2.05, 4.69) is 46.6 Å². The second kappa shape index (κ2) is 13.5. The van der Waals surface area contributed by atoms with Gasteiger partial charge in [-0.2, -0.15) is 12.6 Å². The summed E-state index contributed by atoms with van der Waals surface area (Å²) in [5.74, 6) is -3.70. The van der Waals surface area contributed by atoms with E-state index in [4.69, 9.17) is 15.9 Å².